The molecule has 0 aliphatic heterocycles. The molecule has 0 bridgehead atoms. The Balaban J connectivity index is 3.39. The first-order valence-electron chi connectivity index (χ1n) is 1.72. The van der Waals surface area contributed by atoms with Gasteiger partial charge in [-0.1, -0.05) is 0 Å². The van der Waals surface area contributed by atoms with Crippen LogP contribution in [0.5, 0.6) is 0 Å². The molecule has 0 aromatic carbocycles. The molecule has 7 heteroatoms. The summed E-state index contributed by atoms with van der Waals surface area (Å²) in [5, 5.41) is 0. The van der Waals surface area contributed by atoms with Crippen LogP contribution >= 0.6 is 0 Å². The highest BCUT2D eigenvalue weighted by atomic mass is 19.4. The number of carbonyl (C=O) groups excluding carboxylic acids is 1. The first kappa shape index (κ1) is 8.02. The van der Waals surface area contributed by atoms with Crippen molar-refractivity contribution in [1.82, 2.24) is 5.48 Å². The number of amides is 2. The van der Waals surface area contributed by atoms with E-state index in [0.717, 1.165) is 5.48 Å². The Morgan fingerprint density at radius 1 is 1.56 bits per heavy atom. The minimum Gasteiger partial charge on any atom is -0.350 e. The zero-order chi connectivity index (χ0) is 7.49. The Morgan fingerprint density at radius 2 is 2.00 bits per heavy atom. The minimum atomic E-state index is -4.88. The smallest absolute Gasteiger partial charge is 0.350 e. The molecule has 0 fully saturated rings. The normalized spacial score (nSPS) is 11.0. The Labute approximate surface area is 47.7 Å². The van der Waals surface area contributed by atoms with Crippen LogP contribution in [0.1, 0.15) is 0 Å². The van der Waals surface area contributed by atoms with Crippen molar-refractivity contribution in [2.75, 3.05) is 0 Å². The van der Waals surface area contributed by atoms with Gasteiger partial charge < -0.3 is 5.73 Å². The van der Waals surface area contributed by atoms with Gasteiger partial charge in [0.25, 0.3) is 0 Å². The van der Waals surface area contributed by atoms with Crippen LogP contribution in [0, 0.1) is 0 Å². The van der Waals surface area contributed by atoms with Crippen LogP contribution < -0.4 is 11.2 Å². The summed E-state index contributed by atoms with van der Waals surface area (Å²) in [6.07, 6.45) is -4.88. The molecule has 3 N–H and O–H groups in total. The molecule has 0 saturated carbocycles. The Kier molecular flexibility index (Phi) is 2.26. The third-order valence-electron chi connectivity index (χ3n) is 0.267. The van der Waals surface area contributed by atoms with Crippen LogP contribution in [0.15, 0.2) is 0 Å². The number of carbonyl (C=O) groups is 1. The maximum Gasteiger partial charge on any atom is 0.543 e. The quantitative estimate of drug-likeness (QED) is 0.513. The van der Waals surface area contributed by atoms with Crippen molar-refractivity contribution in [3.05, 3.63) is 0 Å². The number of hydrogen-bond donors (Lipinski definition) is 2. The van der Waals surface area contributed by atoms with Crippen LogP contribution in [-0.4, -0.2) is 12.4 Å². The standard InChI is InChI=1S/C2H3F3N2O2/c3-2(4,5)9-7-1(6)8/h(H3,6,7,8). The fourth-order valence-corrected chi connectivity index (χ4v) is 0.108. The Hall–Kier alpha value is -0.980. The van der Waals surface area contributed by atoms with Crippen molar-refractivity contribution in [3.63, 3.8) is 0 Å². The molecule has 0 aromatic rings. The Bertz CT molecular complexity index is 111. The lowest BCUT2D eigenvalue weighted by atomic mass is 11.2. The molecular formula is C2H3F3N2O2. The number of nitrogens with one attached hydrogen (secondary N) is 1. The highest BCUT2D eigenvalue weighted by Gasteiger charge is 2.30. The van der Waals surface area contributed by atoms with Crippen LogP contribution in [0.3, 0.4) is 0 Å². The van der Waals surface area contributed by atoms with Gasteiger partial charge in [0.15, 0.2) is 0 Å². The second-order valence-corrected chi connectivity index (χ2v) is 1.01. The van der Waals surface area contributed by atoms with E-state index in [9.17, 15) is 18.0 Å². The third kappa shape index (κ3) is 7.02. The fourth-order valence-electron chi connectivity index (χ4n) is 0.108. The molecule has 0 aliphatic carbocycles. The van der Waals surface area contributed by atoms with Crippen LogP contribution in [0.25, 0.3) is 0 Å². The molecule has 0 rings (SSSR count). The van der Waals surface area contributed by atoms with E-state index in [1.54, 1.807) is 0 Å². The highest BCUT2D eigenvalue weighted by Crippen LogP contribution is 2.13. The van der Waals surface area contributed by atoms with E-state index < -0.39 is 12.4 Å². The molecule has 0 unspecified atom stereocenters. The lowest BCUT2D eigenvalue weighted by Crippen LogP contribution is -2.34. The first-order valence-corrected chi connectivity index (χ1v) is 1.72. The monoisotopic (exact) mass is 144 g/mol. The van der Waals surface area contributed by atoms with Gasteiger partial charge in [0.1, 0.15) is 0 Å². The topological polar surface area (TPSA) is 64.4 Å². The molecule has 54 valence electrons. The van der Waals surface area contributed by atoms with Crippen LogP contribution in [0.2, 0.25) is 0 Å². The molecule has 4 nitrogen and oxygen atoms in total. The van der Waals surface area contributed by atoms with Gasteiger partial charge in [-0.25, -0.2) is 10.3 Å². The van der Waals surface area contributed by atoms with E-state index in [-0.39, 0.29) is 0 Å². The number of hydrogen-bond acceptors (Lipinski definition) is 2. The van der Waals surface area contributed by atoms with E-state index in [2.05, 4.69) is 10.6 Å². The predicted molar refractivity (Wildman–Crippen MR) is 19.9 cm³/mol. The largest absolute Gasteiger partial charge is 0.543 e. The average Bonchev–Trinajstić information content (AvgIpc) is 1.59. The molecule has 0 heterocycles. The van der Waals surface area contributed by atoms with E-state index in [0.29, 0.717) is 0 Å². The van der Waals surface area contributed by atoms with E-state index in [1.807, 2.05) is 0 Å². The summed E-state index contributed by atoms with van der Waals surface area (Å²) in [7, 11) is 0. The van der Waals surface area contributed by atoms with Crippen molar-refractivity contribution < 1.29 is 22.8 Å². The molecular weight excluding hydrogens is 141 g/mol. The van der Waals surface area contributed by atoms with Gasteiger partial charge in [-0.3, -0.25) is 0 Å². The second kappa shape index (κ2) is 2.53. The van der Waals surface area contributed by atoms with E-state index >= 15 is 0 Å². The fraction of sp³-hybridized carbons (Fsp3) is 0.500. The summed E-state index contributed by atoms with van der Waals surface area (Å²) in [6, 6.07) is -1.40. The first-order chi connectivity index (χ1) is 3.92. The van der Waals surface area contributed by atoms with Crippen LogP contribution in [0.4, 0.5) is 18.0 Å². The van der Waals surface area contributed by atoms with Crippen molar-refractivity contribution in [3.8, 4) is 0 Å². The van der Waals surface area contributed by atoms with Gasteiger partial charge in [-0.15, -0.1) is 13.2 Å². The number of hydroxylamine groups is 1. The average molecular weight is 144 g/mol. The highest BCUT2D eigenvalue weighted by molar-refractivity contribution is 5.70. The molecule has 0 saturated heterocycles. The van der Waals surface area contributed by atoms with Gasteiger partial charge >= 0.3 is 12.4 Å². The number of halogens is 3. The maximum atomic E-state index is 10.9. The minimum absolute atomic E-state index is 0.899. The number of alkyl halides is 3. The van der Waals surface area contributed by atoms with Gasteiger partial charge in [-0.05, 0) is 0 Å². The van der Waals surface area contributed by atoms with Gasteiger partial charge in [-0.2, -0.15) is 4.84 Å². The lowest BCUT2D eigenvalue weighted by molar-refractivity contribution is -0.342. The van der Waals surface area contributed by atoms with Crippen molar-refractivity contribution >= 4 is 6.03 Å². The zero-order valence-corrected chi connectivity index (χ0v) is 4.03. The van der Waals surface area contributed by atoms with Gasteiger partial charge in [0.05, 0.1) is 0 Å². The summed E-state index contributed by atoms with van der Waals surface area (Å²) >= 11 is 0. The molecule has 2 amide bonds. The SMILES string of the molecule is NC(=O)NOC(F)(F)F. The van der Waals surface area contributed by atoms with Crippen molar-refractivity contribution in [1.29, 1.82) is 0 Å². The van der Waals surface area contributed by atoms with Gasteiger partial charge in [0, 0.05) is 0 Å². The second-order valence-electron chi connectivity index (χ2n) is 1.01. The predicted octanol–water partition coefficient (Wildman–Crippen LogP) is 0.106. The van der Waals surface area contributed by atoms with Crippen molar-refractivity contribution in [2.24, 2.45) is 5.73 Å². The van der Waals surface area contributed by atoms with Crippen molar-refractivity contribution in [2.45, 2.75) is 6.36 Å². The van der Waals surface area contributed by atoms with Gasteiger partial charge in [0.2, 0.25) is 0 Å². The summed E-state index contributed by atoms with van der Waals surface area (Å²) in [5.74, 6) is 0. The van der Waals surface area contributed by atoms with Crippen LogP contribution in [-0.2, 0) is 4.84 Å². The summed E-state index contributed by atoms with van der Waals surface area (Å²) < 4.78 is 32.8. The number of primary amides is 1. The number of urea groups is 1. The van der Waals surface area contributed by atoms with E-state index in [4.69, 9.17) is 0 Å². The molecule has 0 aliphatic rings. The Morgan fingerprint density at radius 3 is 2.11 bits per heavy atom. The third-order valence-corrected chi connectivity index (χ3v) is 0.267. The zero-order valence-electron chi connectivity index (χ0n) is 4.03. The van der Waals surface area contributed by atoms with E-state index in [1.165, 1.54) is 0 Å². The molecule has 0 spiro atoms. The maximum absolute atomic E-state index is 10.9. The lowest BCUT2D eigenvalue weighted by Gasteiger charge is -2.04. The summed E-state index contributed by atoms with van der Waals surface area (Å²) in [5.41, 5.74) is 5.12. The molecule has 0 aromatic heterocycles. The summed E-state index contributed by atoms with van der Waals surface area (Å²) in [4.78, 5) is 12.3. The molecule has 0 radical (unpaired) electrons. The number of nitrogens with two attached hydrogens (primary N) is 1. The molecule has 0 atom stereocenters. The number of rotatable bonds is 1. The molecule has 9 heavy (non-hydrogen) atoms. The summed E-state index contributed by atoms with van der Waals surface area (Å²) in [6.45, 7) is 0.